The SMILES string of the molecule is CC(C)COC(=O)Nc1nc(CC(=O)NCc2ccco2)cs1. The number of carbonyl (C=O) groups excluding carboxylic acids is 2. The smallest absolute Gasteiger partial charge is 0.413 e. The van der Waals surface area contributed by atoms with Gasteiger partial charge in [-0.3, -0.25) is 10.1 Å². The molecule has 0 aliphatic carbocycles. The minimum atomic E-state index is -0.540. The molecule has 2 N–H and O–H groups in total. The van der Waals surface area contributed by atoms with E-state index in [4.69, 9.17) is 9.15 Å². The number of ether oxygens (including phenoxy) is 1. The summed E-state index contributed by atoms with van der Waals surface area (Å²) in [6.45, 7) is 4.59. The van der Waals surface area contributed by atoms with Gasteiger partial charge in [-0.2, -0.15) is 0 Å². The number of amides is 2. The van der Waals surface area contributed by atoms with E-state index in [0.29, 0.717) is 29.7 Å². The van der Waals surface area contributed by atoms with Gasteiger partial charge in [0.2, 0.25) is 5.91 Å². The topological polar surface area (TPSA) is 93.5 Å². The molecule has 2 rings (SSSR count). The van der Waals surface area contributed by atoms with Gasteiger partial charge in [-0.15, -0.1) is 11.3 Å². The lowest BCUT2D eigenvalue weighted by Crippen LogP contribution is -2.24. The quantitative estimate of drug-likeness (QED) is 0.810. The Bertz CT molecular complexity index is 637. The second-order valence-corrected chi connectivity index (χ2v) is 6.15. The zero-order valence-electron chi connectivity index (χ0n) is 13.0. The minimum Gasteiger partial charge on any atom is -0.467 e. The van der Waals surface area contributed by atoms with Gasteiger partial charge in [0.25, 0.3) is 0 Å². The first-order valence-electron chi connectivity index (χ1n) is 7.20. The number of thiazole rings is 1. The van der Waals surface area contributed by atoms with Crippen LogP contribution in [0.15, 0.2) is 28.2 Å². The minimum absolute atomic E-state index is 0.139. The molecular formula is C15H19N3O4S. The largest absolute Gasteiger partial charge is 0.467 e. The fourth-order valence-electron chi connectivity index (χ4n) is 1.64. The molecule has 0 radical (unpaired) electrons. The van der Waals surface area contributed by atoms with Gasteiger partial charge >= 0.3 is 6.09 Å². The molecule has 23 heavy (non-hydrogen) atoms. The molecule has 2 aromatic rings. The average molecular weight is 337 g/mol. The van der Waals surface area contributed by atoms with Crippen molar-refractivity contribution in [3.8, 4) is 0 Å². The maximum atomic E-state index is 11.8. The highest BCUT2D eigenvalue weighted by molar-refractivity contribution is 7.13. The lowest BCUT2D eigenvalue weighted by atomic mass is 10.2. The molecule has 0 aliphatic heterocycles. The van der Waals surface area contributed by atoms with Crippen LogP contribution < -0.4 is 10.6 Å². The molecular weight excluding hydrogens is 318 g/mol. The molecule has 0 fully saturated rings. The van der Waals surface area contributed by atoms with E-state index >= 15 is 0 Å². The highest BCUT2D eigenvalue weighted by atomic mass is 32.1. The number of nitrogens with one attached hydrogen (secondary N) is 2. The predicted molar refractivity (Wildman–Crippen MR) is 86.2 cm³/mol. The van der Waals surface area contributed by atoms with Crippen molar-refractivity contribution >= 4 is 28.5 Å². The van der Waals surface area contributed by atoms with Gasteiger partial charge in [-0.05, 0) is 18.1 Å². The average Bonchev–Trinajstić information content (AvgIpc) is 3.15. The zero-order valence-corrected chi connectivity index (χ0v) is 13.8. The van der Waals surface area contributed by atoms with Crippen LogP contribution in [-0.2, 0) is 22.5 Å². The first-order valence-corrected chi connectivity index (χ1v) is 8.08. The van der Waals surface area contributed by atoms with Crippen LogP contribution in [0.5, 0.6) is 0 Å². The molecule has 0 spiro atoms. The van der Waals surface area contributed by atoms with Crippen molar-refractivity contribution in [2.45, 2.75) is 26.8 Å². The lowest BCUT2D eigenvalue weighted by molar-refractivity contribution is -0.120. The third-order valence-electron chi connectivity index (χ3n) is 2.69. The molecule has 2 amide bonds. The number of anilines is 1. The third kappa shape index (κ3) is 6.11. The summed E-state index contributed by atoms with van der Waals surface area (Å²) in [7, 11) is 0. The molecule has 0 atom stereocenters. The van der Waals surface area contributed by atoms with E-state index < -0.39 is 6.09 Å². The molecule has 0 bridgehead atoms. The Kier molecular flexibility index (Phi) is 6.16. The van der Waals surface area contributed by atoms with Gasteiger partial charge in [0.05, 0.1) is 31.5 Å². The van der Waals surface area contributed by atoms with Gasteiger partial charge in [0.1, 0.15) is 5.76 Å². The van der Waals surface area contributed by atoms with Crippen LogP contribution in [0, 0.1) is 5.92 Å². The van der Waals surface area contributed by atoms with Crippen LogP contribution in [-0.4, -0.2) is 23.6 Å². The maximum absolute atomic E-state index is 11.8. The molecule has 0 saturated carbocycles. The molecule has 0 aromatic carbocycles. The molecule has 124 valence electrons. The summed E-state index contributed by atoms with van der Waals surface area (Å²) in [5.41, 5.74) is 0.589. The number of carbonyl (C=O) groups is 2. The van der Waals surface area contributed by atoms with Crippen molar-refractivity contribution in [2.75, 3.05) is 11.9 Å². The van der Waals surface area contributed by atoms with Crippen molar-refractivity contribution in [3.63, 3.8) is 0 Å². The van der Waals surface area contributed by atoms with Crippen molar-refractivity contribution in [3.05, 3.63) is 35.2 Å². The molecule has 2 aromatic heterocycles. The van der Waals surface area contributed by atoms with E-state index in [1.54, 1.807) is 23.8 Å². The lowest BCUT2D eigenvalue weighted by Gasteiger charge is -2.06. The number of hydrogen-bond acceptors (Lipinski definition) is 6. The Labute approximate surface area is 138 Å². The first-order chi connectivity index (χ1) is 11.0. The molecule has 7 nitrogen and oxygen atoms in total. The van der Waals surface area contributed by atoms with Crippen molar-refractivity contribution in [1.29, 1.82) is 0 Å². The van der Waals surface area contributed by atoms with Crippen LogP contribution in [0.1, 0.15) is 25.3 Å². The van der Waals surface area contributed by atoms with Crippen molar-refractivity contribution in [1.82, 2.24) is 10.3 Å². The second-order valence-electron chi connectivity index (χ2n) is 5.29. The third-order valence-corrected chi connectivity index (χ3v) is 3.50. The Morgan fingerprint density at radius 2 is 2.26 bits per heavy atom. The summed E-state index contributed by atoms with van der Waals surface area (Å²) in [5, 5.41) is 7.42. The first kappa shape index (κ1) is 17.0. The Hall–Kier alpha value is -2.35. The fraction of sp³-hybridized carbons (Fsp3) is 0.400. The van der Waals surface area contributed by atoms with Crippen molar-refractivity contribution < 1.29 is 18.7 Å². The number of furan rings is 1. The normalized spacial score (nSPS) is 10.6. The number of rotatable bonds is 7. The van der Waals surface area contributed by atoms with Crippen LogP contribution in [0.25, 0.3) is 0 Å². The molecule has 0 unspecified atom stereocenters. The summed E-state index contributed by atoms with van der Waals surface area (Å²) in [6.07, 6.45) is 1.15. The van der Waals surface area contributed by atoms with Crippen LogP contribution in [0.2, 0.25) is 0 Å². The van der Waals surface area contributed by atoms with E-state index in [-0.39, 0.29) is 18.2 Å². The van der Waals surface area contributed by atoms with Crippen LogP contribution in [0.3, 0.4) is 0 Å². The number of hydrogen-bond donors (Lipinski definition) is 2. The van der Waals surface area contributed by atoms with Crippen molar-refractivity contribution in [2.24, 2.45) is 5.92 Å². The van der Waals surface area contributed by atoms with Crippen LogP contribution in [0.4, 0.5) is 9.93 Å². The summed E-state index contributed by atoms with van der Waals surface area (Å²) < 4.78 is 10.1. The molecule has 8 heteroatoms. The predicted octanol–water partition coefficient (Wildman–Crippen LogP) is 2.80. The monoisotopic (exact) mass is 337 g/mol. The van der Waals surface area contributed by atoms with E-state index in [9.17, 15) is 9.59 Å². The summed E-state index contributed by atoms with van der Waals surface area (Å²) >= 11 is 1.25. The van der Waals surface area contributed by atoms with E-state index in [0.717, 1.165) is 0 Å². The van der Waals surface area contributed by atoms with Gasteiger partial charge in [-0.1, -0.05) is 13.8 Å². The molecule has 2 heterocycles. The standard InChI is InChI=1S/C15H19N3O4S/c1-10(2)8-22-15(20)18-14-17-11(9-23-14)6-13(19)16-7-12-4-3-5-21-12/h3-5,9-10H,6-8H2,1-2H3,(H,16,19)(H,17,18,20). The Balaban J connectivity index is 1.75. The van der Waals surface area contributed by atoms with E-state index in [1.165, 1.54) is 11.3 Å². The highest BCUT2D eigenvalue weighted by Gasteiger charge is 2.11. The second kappa shape index (κ2) is 8.33. The molecule has 0 saturated heterocycles. The summed E-state index contributed by atoms with van der Waals surface area (Å²) in [5.74, 6) is 0.790. The number of nitrogens with zero attached hydrogens (tertiary/aromatic N) is 1. The summed E-state index contributed by atoms with van der Waals surface area (Å²) in [6, 6.07) is 3.55. The van der Waals surface area contributed by atoms with E-state index in [2.05, 4.69) is 15.6 Å². The highest BCUT2D eigenvalue weighted by Crippen LogP contribution is 2.16. The summed E-state index contributed by atoms with van der Waals surface area (Å²) in [4.78, 5) is 27.5. The van der Waals surface area contributed by atoms with Gasteiger partial charge < -0.3 is 14.5 Å². The van der Waals surface area contributed by atoms with Crippen LogP contribution >= 0.6 is 11.3 Å². The van der Waals surface area contributed by atoms with E-state index in [1.807, 2.05) is 13.8 Å². The Morgan fingerprint density at radius 1 is 1.43 bits per heavy atom. The van der Waals surface area contributed by atoms with Gasteiger partial charge in [0.15, 0.2) is 5.13 Å². The maximum Gasteiger partial charge on any atom is 0.413 e. The number of aromatic nitrogens is 1. The fourth-order valence-corrected chi connectivity index (χ4v) is 2.33. The zero-order chi connectivity index (χ0) is 16.7. The molecule has 0 aliphatic rings. The Morgan fingerprint density at radius 3 is 2.96 bits per heavy atom. The van der Waals surface area contributed by atoms with Gasteiger partial charge in [-0.25, -0.2) is 9.78 Å². The van der Waals surface area contributed by atoms with Gasteiger partial charge in [0, 0.05) is 5.38 Å².